The monoisotopic (exact) mass is 464 g/mol. The van der Waals surface area contributed by atoms with Gasteiger partial charge in [0.1, 0.15) is 22.3 Å². The molecule has 0 saturated carbocycles. The van der Waals surface area contributed by atoms with Gasteiger partial charge in [-0.05, 0) is 72.6 Å². The summed E-state index contributed by atoms with van der Waals surface area (Å²) < 4.78 is 18.6. The van der Waals surface area contributed by atoms with Crippen molar-refractivity contribution in [1.82, 2.24) is 0 Å². The van der Waals surface area contributed by atoms with Crippen molar-refractivity contribution in [2.75, 3.05) is 10.2 Å². The van der Waals surface area contributed by atoms with Crippen LogP contribution in [0.2, 0.25) is 0 Å². The van der Waals surface area contributed by atoms with Crippen LogP contribution < -0.4 is 15.0 Å². The average Bonchev–Trinajstić information content (AvgIpc) is 3.03. The maximum absolute atomic E-state index is 13.2. The molecular formula is C25H18ClFN2O4. The molecule has 0 radical (unpaired) electrons. The number of benzene rings is 3. The Bertz CT molecular complexity index is 1270. The highest BCUT2D eigenvalue weighted by Gasteiger charge is 2.38. The van der Waals surface area contributed by atoms with Gasteiger partial charge in [-0.25, -0.2) is 14.1 Å². The van der Waals surface area contributed by atoms with Gasteiger partial charge in [-0.1, -0.05) is 30.7 Å². The summed E-state index contributed by atoms with van der Waals surface area (Å²) in [7, 11) is 0. The van der Waals surface area contributed by atoms with E-state index in [0.717, 1.165) is 29.0 Å². The van der Waals surface area contributed by atoms with E-state index in [0.29, 0.717) is 17.0 Å². The van der Waals surface area contributed by atoms with E-state index in [9.17, 15) is 18.8 Å². The first-order chi connectivity index (χ1) is 15.9. The number of aryl methyl sites for hydroxylation is 1. The number of halogens is 2. The Morgan fingerprint density at radius 3 is 2.36 bits per heavy atom. The van der Waals surface area contributed by atoms with E-state index in [-0.39, 0.29) is 16.4 Å². The van der Waals surface area contributed by atoms with Crippen molar-refractivity contribution in [3.8, 4) is 5.75 Å². The molecule has 1 heterocycles. The van der Waals surface area contributed by atoms with Gasteiger partial charge in [0.25, 0.3) is 11.8 Å². The molecule has 1 N–H and O–H groups in total. The van der Waals surface area contributed by atoms with E-state index < -0.39 is 23.6 Å². The third kappa shape index (κ3) is 4.63. The number of amides is 2. The van der Waals surface area contributed by atoms with Gasteiger partial charge in [0.2, 0.25) is 0 Å². The average molecular weight is 465 g/mol. The molecule has 1 aliphatic heterocycles. The van der Waals surface area contributed by atoms with Gasteiger partial charge in [-0.15, -0.1) is 0 Å². The maximum atomic E-state index is 13.2. The summed E-state index contributed by atoms with van der Waals surface area (Å²) in [6, 6.07) is 18.4. The molecule has 3 aromatic rings. The molecule has 33 heavy (non-hydrogen) atoms. The predicted octanol–water partition coefficient (Wildman–Crippen LogP) is 5.04. The van der Waals surface area contributed by atoms with Crippen LogP contribution >= 0.6 is 11.6 Å². The van der Waals surface area contributed by atoms with Crippen LogP contribution in [0.3, 0.4) is 0 Å². The zero-order valence-corrected chi connectivity index (χ0v) is 18.2. The number of anilines is 2. The molecule has 0 saturated heterocycles. The van der Waals surface area contributed by atoms with Crippen LogP contribution in [-0.4, -0.2) is 17.8 Å². The standard InChI is InChI=1S/C25H18ClFN2O4/c1-2-15-4-3-5-20(14-15)33-25(32)16-6-10-18(11-7-16)28-22-21(26)23(30)29(24(22)31)19-12-8-17(27)9-13-19/h3-14,28H,2H2,1H3. The highest BCUT2D eigenvalue weighted by molar-refractivity contribution is 6.53. The SMILES string of the molecule is CCc1cccc(OC(=O)c2ccc(NC3=C(Cl)C(=O)N(c4ccc(F)cc4)C3=O)cc2)c1. The predicted molar refractivity (Wildman–Crippen MR) is 123 cm³/mol. The molecule has 0 aliphatic carbocycles. The Hall–Kier alpha value is -3.97. The number of ether oxygens (including phenoxy) is 1. The van der Waals surface area contributed by atoms with Crippen LogP contribution in [0.5, 0.6) is 5.75 Å². The van der Waals surface area contributed by atoms with Crippen molar-refractivity contribution in [1.29, 1.82) is 0 Å². The van der Waals surface area contributed by atoms with Crippen LogP contribution in [0.15, 0.2) is 83.5 Å². The lowest BCUT2D eigenvalue weighted by Gasteiger charge is -2.15. The fourth-order valence-corrected chi connectivity index (χ4v) is 3.48. The Labute approximate surface area is 194 Å². The van der Waals surface area contributed by atoms with Crippen LogP contribution in [-0.2, 0) is 16.0 Å². The van der Waals surface area contributed by atoms with Crippen molar-refractivity contribution < 1.29 is 23.5 Å². The summed E-state index contributed by atoms with van der Waals surface area (Å²) in [5.41, 5.74) is 1.89. The Kier molecular flexibility index (Phi) is 6.24. The molecule has 1 aliphatic rings. The highest BCUT2D eigenvalue weighted by atomic mass is 35.5. The van der Waals surface area contributed by atoms with Gasteiger partial charge in [0.05, 0.1) is 11.3 Å². The second kappa shape index (κ2) is 9.26. The van der Waals surface area contributed by atoms with Crippen LogP contribution in [0.25, 0.3) is 0 Å². The van der Waals surface area contributed by atoms with E-state index in [1.807, 2.05) is 19.1 Å². The number of carbonyl (C=O) groups excluding carboxylic acids is 3. The molecule has 166 valence electrons. The molecular weight excluding hydrogens is 447 g/mol. The Morgan fingerprint density at radius 1 is 1.00 bits per heavy atom. The van der Waals surface area contributed by atoms with Crippen molar-refractivity contribution in [2.24, 2.45) is 0 Å². The molecule has 0 aromatic heterocycles. The van der Waals surface area contributed by atoms with E-state index in [2.05, 4.69) is 5.32 Å². The van der Waals surface area contributed by atoms with Crippen molar-refractivity contribution in [3.05, 3.63) is 100 Å². The number of carbonyl (C=O) groups is 3. The lowest BCUT2D eigenvalue weighted by Crippen LogP contribution is -2.32. The first-order valence-electron chi connectivity index (χ1n) is 10.1. The first kappa shape index (κ1) is 22.2. The van der Waals surface area contributed by atoms with Crippen molar-refractivity contribution in [3.63, 3.8) is 0 Å². The number of hydrogen-bond acceptors (Lipinski definition) is 5. The largest absolute Gasteiger partial charge is 0.423 e. The van der Waals surface area contributed by atoms with Gasteiger partial charge in [-0.3, -0.25) is 9.59 Å². The lowest BCUT2D eigenvalue weighted by atomic mass is 10.1. The summed E-state index contributed by atoms with van der Waals surface area (Å²) in [6.07, 6.45) is 0.823. The molecule has 0 atom stereocenters. The molecule has 3 aromatic carbocycles. The number of esters is 1. The minimum absolute atomic E-state index is 0.113. The second-order valence-corrected chi connectivity index (χ2v) is 7.58. The van der Waals surface area contributed by atoms with Crippen LogP contribution in [0.1, 0.15) is 22.8 Å². The number of hydrogen-bond donors (Lipinski definition) is 1. The maximum Gasteiger partial charge on any atom is 0.343 e. The molecule has 4 rings (SSSR count). The highest BCUT2D eigenvalue weighted by Crippen LogP contribution is 2.30. The van der Waals surface area contributed by atoms with E-state index >= 15 is 0 Å². The van der Waals surface area contributed by atoms with E-state index in [1.54, 1.807) is 24.3 Å². The summed E-state index contributed by atoms with van der Waals surface area (Å²) in [5, 5.41) is 2.53. The van der Waals surface area contributed by atoms with Gasteiger partial charge in [0.15, 0.2) is 0 Å². The summed E-state index contributed by atoms with van der Waals surface area (Å²) >= 11 is 6.10. The Balaban J connectivity index is 1.47. The van der Waals surface area contributed by atoms with Crippen LogP contribution in [0.4, 0.5) is 15.8 Å². The van der Waals surface area contributed by atoms with Gasteiger partial charge >= 0.3 is 5.97 Å². The van der Waals surface area contributed by atoms with Gasteiger partial charge in [-0.2, -0.15) is 0 Å². The minimum atomic E-state index is -0.717. The number of imide groups is 1. The summed E-state index contributed by atoms with van der Waals surface area (Å²) in [5.74, 6) is -1.95. The molecule has 6 nitrogen and oxygen atoms in total. The van der Waals surface area contributed by atoms with Crippen molar-refractivity contribution >= 4 is 40.8 Å². The fourth-order valence-electron chi connectivity index (χ4n) is 3.26. The lowest BCUT2D eigenvalue weighted by molar-refractivity contribution is -0.120. The van der Waals surface area contributed by atoms with Gasteiger partial charge in [0, 0.05) is 5.69 Å². The number of nitrogens with one attached hydrogen (secondary N) is 1. The normalized spacial score (nSPS) is 13.5. The molecule has 2 amide bonds. The number of nitrogens with zero attached hydrogens (tertiary/aromatic N) is 1. The quantitative estimate of drug-likeness (QED) is 0.314. The molecule has 0 spiro atoms. The van der Waals surface area contributed by atoms with Crippen molar-refractivity contribution in [2.45, 2.75) is 13.3 Å². The Morgan fingerprint density at radius 2 is 1.70 bits per heavy atom. The van der Waals surface area contributed by atoms with E-state index in [4.69, 9.17) is 16.3 Å². The molecule has 0 bridgehead atoms. The smallest absolute Gasteiger partial charge is 0.343 e. The number of rotatable bonds is 6. The zero-order valence-electron chi connectivity index (χ0n) is 17.5. The second-order valence-electron chi connectivity index (χ2n) is 7.20. The zero-order chi connectivity index (χ0) is 23.5. The first-order valence-corrected chi connectivity index (χ1v) is 10.5. The third-order valence-electron chi connectivity index (χ3n) is 5.02. The van der Waals surface area contributed by atoms with E-state index in [1.165, 1.54) is 24.3 Å². The van der Waals surface area contributed by atoms with Gasteiger partial charge < -0.3 is 10.1 Å². The third-order valence-corrected chi connectivity index (χ3v) is 5.37. The molecule has 0 unspecified atom stereocenters. The fraction of sp³-hybridized carbons (Fsp3) is 0.0800. The summed E-state index contributed by atoms with van der Waals surface area (Å²) in [4.78, 5) is 38.6. The molecule has 0 fully saturated rings. The summed E-state index contributed by atoms with van der Waals surface area (Å²) in [6.45, 7) is 2.01. The minimum Gasteiger partial charge on any atom is -0.423 e. The van der Waals surface area contributed by atoms with Crippen LogP contribution in [0, 0.1) is 5.82 Å². The topological polar surface area (TPSA) is 75.7 Å². The molecule has 8 heteroatoms.